The quantitative estimate of drug-likeness (QED) is 0.755. The molecule has 2 heteroatoms. The van der Waals surface area contributed by atoms with Crippen LogP contribution >= 0.6 is 0 Å². The third-order valence-corrected chi connectivity index (χ3v) is 2.14. The van der Waals surface area contributed by atoms with Gasteiger partial charge in [-0.15, -0.1) is 0 Å². The standard InChI is InChI=1S/C11H15NO/c1-9(11(13)8-12)7-10-5-3-2-4-6-10/h2-6,9H,7-8,12H2,1H3/t9-/m0/s1. The molecule has 1 atom stereocenters. The summed E-state index contributed by atoms with van der Waals surface area (Å²) in [6.45, 7) is 2.07. The third kappa shape index (κ3) is 2.99. The molecular formula is C11H15NO. The molecule has 0 aliphatic rings. The number of Topliss-reactive ketones (excluding diaryl/α,β-unsaturated/α-hetero) is 1. The molecule has 2 nitrogen and oxygen atoms in total. The lowest BCUT2D eigenvalue weighted by Crippen LogP contribution is -2.22. The molecule has 1 aromatic carbocycles. The lowest BCUT2D eigenvalue weighted by Gasteiger charge is -2.08. The van der Waals surface area contributed by atoms with Gasteiger partial charge >= 0.3 is 0 Å². The number of carbonyl (C=O) groups excluding carboxylic acids is 1. The van der Waals surface area contributed by atoms with Crippen molar-refractivity contribution in [1.29, 1.82) is 0 Å². The minimum Gasteiger partial charge on any atom is -0.324 e. The van der Waals surface area contributed by atoms with Crippen molar-refractivity contribution in [3.63, 3.8) is 0 Å². The average Bonchev–Trinajstić information content (AvgIpc) is 2.18. The minimum atomic E-state index is 0.0346. The molecule has 13 heavy (non-hydrogen) atoms. The molecule has 0 aliphatic heterocycles. The molecule has 0 unspecified atom stereocenters. The van der Waals surface area contributed by atoms with E-state index in [1.54, 1.807) is 0 Å². The van der Waals surface area contributed by atoms with E-state index in [1.165, 1.54) is 5.56 Å². The van der Waals surface area contributed by atoms with Crippen molar-refractivity contribution in [1.82, 2.24) is 0 Å². The molecule has 70 valence electrons. The molecule has 0 saturated heterocycles. The smallest absolute Gasteiger partial charge is 0.149 e. The van der Waals surface area contributed by atoms with Crippen LogP contribution in [-0.4, -0.2) is 12.3 Å². The van der Waals surface area contributed by atoms with Crippen LogP contribution in [0.3, 0.4) is 0 Å². The van der Waals surface area contributed by atoms with Gasteiger partial charge in [0.25, 0.3) is 0 Å². The summed E-state index contributed by atoms with van der Waals surface area (Å²) in [4.78, 5) is 11.2. The highest BCUT2D eigenvalue weighted by Crippen LogP contribution is 2.08. The molecule has 0 spiro atoms. The number of hydrogen-bond donors (Lipinski definition) is 1. The summed E-state index contributed by atoms with van der Waals surface area (Å²) in [5.74, 6) is 0.163. The molecule has 0 fully saturated rings. The van der Waals surface area contributed by atoms with Gasteiger partial charge in [-0.05, 0) is 12.0 Å². The van der Waals surface area contributed by atoms with Crippen molar-refractivity contribution in [3.05, 3.63) is 35.9 Å². The molecule has 0 aromatic heterocycles. The number of benzene rings is 1. The highest BCUT2D eigenvalue weighted by atomic mass is 16.1. The van der Waals surface area contributed by atoms with Crippen molar-refractivity contribution in [3.8, 4) is 0 Å². The summed E-state index contributed by atoms with van der Waals surface area (Å²) in [7, 11) is 0. The van der Waals surface area contributed by atoms with Crippen LogP contribution in [0.5, 0.6) is 0 Å². The Hall–Kier alpha value is -1.15. The first-order valence-electron chi connectivity index (χ1n) is 4.50. The summed E-state index contributed by atoms with van der Waals surface area (Å²) < 4.78 is 0. The lowest BCUT2D eigenvalue weighted by molar-refractivity contribution is -0.120. The van der Waals surface area contributed by atoms with E-state index < -0.39 is 0 Å². The Bertz CT molecular complexity index is 269. The molecular weight excluding hydrogens is 162 g/mol. The molecule has 0 aliphatic carbocycles. The van der Waals surface area contributed by atoms with Gasteiger partial charge in [-0.2, -0.15) is 0 Å². The van der Waals surface area contributed by atoms with Crippen molar-refractivity contribution >= 4 is 5.78 Å². The van der Waals surface area contributed by atoms with Gasteiger partial charge in [0.1, 0.15) is 5.78 Å². The number of carbonyl (C=O) groups is 1. The maximum absolute atomic E-state index is 11.2. The topological polar surface area (TPSA) is 43.1 Å². The van der Waals surface area contributed by atoms with E-state index in [2.05, 4.69) is 0 Å². The first-order valence-corrected chi connectivity index (χ1v) is 4.50. The predicted molar refractivity (Wildman–Crippen MR) is 53.4 cm³/mol. The Morgan fingerprint density at radius 1 is 1.38 bits per heavy atom. The molecule has 0 heterocycles. The van der Waals surface area contributed by atoms with Gasteiger partial charge in [0, 0.05) is 5.92 Å². The van der Waals surface area contributed by atoms with Gasteiger partial charge in [-0.3, -0.25) is 4.79 Å². The summed E-state index contributed by atoms with van der Waals surface area (Å²) in [6, 6.07) is 9.99. The Kier molecular flexibility index (Phi) is 3.65. The zero-order chi connectivity index (χ0) is 9.68. The van der Waals surface area contributed by atoms with Crippen LogP contribution in [0, 0.1) is 5.92 Å². The molecule has 0 saturated carbocycles. The Morgan fingerprint density at radius 3 is 2.54 bits per heavy atom. The highest BCUT2D eigenvalue weighted by molar-refractivity contribution is 5.82. The fraction of sp³-hybridized carbons (Fsp3) is 0.364. The molecule has 1 rings (SSSR count). The summed E-state index contributed by atoms with van der Waals surface area (Å²) in [5.41, 5.74) is 6.47. The van der Waals surface area contributed by atoms with Crippen LogP contribution in [-0.2, 0) is 11.2 Å². The summed E-state index contributed by atoms with van der Waals surface area (Å²) >= 11 is 0. The fourth-order valence-corrected chi connectivity index (χ4v) is 1.28. The van der Waals surface area contributed by atoms with E-state index in [0.29, 0.717) is 0 Å². The van der Waals surface area contributed by atoms with E-state index in [4.69, 9.17) is 5.73 Å². The third-order valence-electron chi connectivity index (χ3n) is 2.14. The first-order chi connectivity index (χ1) is 6.24. The van der Waals surface area contributed by atoms with Crippen LogP contribution in [0.2, 0.25) is 0 Å². The van der Waals surface area contributed by atoms with Crippen LogP contribution < -0.4 is 5.73 Å². The van der Waals surface area contributed by atoms with E-state index in [1.807, 2.05) is 37.3 Å². The zero-order valence-electron chi connectivity index (χ0n) is 7.86. The second-order valence-corrected chi connectivity index (χ2v) is 3.26. The van der Waals surface area contributed by atoms with Crippen molar-refractivity contribution < 1.29 is 4.79 Å². The highest BCUT2D eigenvalue weighted by Gasteiger charge is 2.10. The normalized spacial score (nSPS) is 12.5. The lowest BCUT2D eigenvalue weighted by atomic mass is 9.97. The monoisotopic (exact) mass is 177 g/mol. The maximum Gasteiger partial charge on any atom is 0.149 e. The van der Waals surface area contributed by atoms with Gasteiger partial charge in [-0.1, -0.05) is 37.3 Å². The first kappa shape index (κ1) is 9.93. The Balaban J connectivity index is 2.55. The van der Waals surface area contributed by atoms with E-state index in [-0.39, 0.29) is 18.2 Å². The Labute approximate surface area is 78.8 Å². The predicted octanol–water partition coefficient (Wildman–Crippen LogP) is 1.39. The summed E-state index contributed by atoms with van der Waals surface area (Å²) in [6.07, 6.45) is 0.789. The molecule has 2 N–H and O–H groups in total. The van der Waals surface area contributed by atoms with Crippen molar-refractivity contribution in [2.24, 2.45) is 11.7 Å². The van der Waals surface area contributed by atoms with Crippen molar-refractivity contribution in [2.75, 3.05) is 6.54 Å². The zero-order valence-corrected chi connectivity index (χ0v) is 7.86. The van der Waals surface area contributed by atoms with Gasteiger partial charge in [0.2, 0.25) is 0 Å². The number of nitrogens with two attached hydrogens (primary N) is 1. The Morgan fingerprint density at radius 2 is 2.00 bits per heavy atom. The van der Waals surface area contributed by atoms with E-state index >= 15 is 0 Å². The fourth-order valence-electron chi connectivity index (χ4n) is 1.28. The number of rotatable bonds is 4. The van der Waals surface area contributed by atoms with Crippen LogP contribution in [0.4, 0.5) is 0 Å². The maximum atomic E-state index is 11.2. The second-order valence-electron chi connectivity index (χ2n) is 3.26. The second kappa shape index (κ2) is 4.77. The van der Waals surface area contributed by atoms with Gasteiger partial charge in [0.05, 0.1) is 6.54 Å². The molecule has 0 amide bonds. The van der Waals surface area contributed by atoms with Crippen LogP contribution in [0.1, 0.15) is 12.5 Å². The van der Waals surface area contributed by atoms with E-state index in [9.17, 15) is 4.79 Å². The number of hydrogen-bond acceptors (Lipinski definition) is 2. The molecule has 0 bridgehead atoms. The van der Waals surface area contributed by atoms with Gasteiger partial charge in [0.15, 0.2) is 0 Å². The van der Waals surface area contributed by atoms with Gasteiger partial charge in [-0.25, -0.2) is 0 Å². The molecule has 0 radical (unpaired) electrons. The van der Waals surface area contributed by atoms with Gasteiger partial charge < -0.3 is 5.73 Å². The number of ketones is 1. The SMILES string of the molecule is C[C@@H](Cc1ccccc1)C(=O)CN. The van der Waals surface area contributed by atoms with E-state index in [0.717, 1.165) is 6.42 Å². The van der Waals surface area contributed by atoms with Crippen LogP contribution in [0.15, 0.2) is 30.3 Å². The minimum absolute atomic E-state index is 0.0346. The average molecular weight is 177 g/mol. The van der Waals surface area contributed by atoms with Crippen molar-refractivity contribution in [2.45, 2.75) is 13.3 Å². The summed E-state index contributed by atoms with van der Waals surface area (Å²) in [5, 5.41) is 0. The molecule has 1 aromatic rings. The van der Waals surface area contributed by atoms with Crippen LogP contribution in [0.25, 0.3) is 0 Å². The largest absolute Gasteiger partial charge is 0.324 e.